The number of benzene rings is 1. The van der Waals surface area contributed by atoms with Crippen LogP contribution in [-0.4, -0.2) is 27.7 Å². The van der Waals surface area contributed by atoms with Crippen LogP contribution in [0, 0.1) is 0 Å². The lowest BCUT2D eigenvalue weighted by atomic mass is 10.3. The van der Waals surface area contributed by atoms with E-state index in [0.717, 1.165) is 0 Å². The molecule has 15 heavy (non-hydrogen) atoms. The number of thiol groups is 1. The molecular weight excluding hydrogens is 236 g/mol. The summed E-state index contributed by atoms with van der Waals surface area (Å²) in [6.45, 7) is 0. The third-order valence-corrected chi connectivity index (χ3v) is 4.22. The van der Waals surface area contributed by atoms with Crippen LogP contribution in [0.15, 0.2) is 23.1 Å². The molecule has 0 atom stereocenters. The van der Waals surface area contributed by atoms with E-state index in [1.165, 1.54) is 20.3 Å². The molecule has 0 aliphatic rings. The van der Waals surface area contributed by atoms with Crippen LogP contribution in [0.5, 0.6) is 11.5 Å². The SMILES string of the molecule is COc1ccc(OC)c(S(=O)(=O)CS)c1. The topological polar surface area (TPSA) is 52.6 Å². The van der Waals surface area contributed by atoms with Gasteiger partial charge in [-0.15, -0.1) is 0 Å². The van der Waals surface area contributed by atoms with Crippen LogP contribution in [0.25, 0.3) is 0 Å². The van der Waals surface area contributed by atoms with Gasteiger partial charge in [-0.1, -0.05) is 0 Å². The zero-order valence-electron chi connectivity index (χ0n) is 8.43. The standard InChI is InChI=1S/C9H12O4S2/c1-12-7-3-4-8(13-2)9(5-7)15(10,11)6-14/h3-5,14H,6H2,1-2H3. The van der Waals surface area contributed by atoms with Crippen molar-refractivity contribution in [1.82, 2.24) is 0 Å². The Balaban J connectivity index is 3.36. The van der Waals surface area contributed by atoms with Crippen molar-refractivity contribution in [3.63, 3.8) is 0 Å². The Morgan fingerprint density at radius 2 is 1.93 bits per heavy atom. The summed E-state index contributed by atoms with van der Waals surface area (Å²) in [6, 6.07) is 4.61. The molecule has 0 saturated heterocycles. The lowest BCUT2D eigenvalue weighted by Gasteiger charge is -2.09. The first kappa shape index (κ1) is 12.2. The highest BCUT2D eigenvalue weighted by molar-refractivity contribution is 8.03. The van der Waals surface area contributed by atoms with Gasteiger partial charge in [-0.25, -0.2) is 8.42 Å². The van der Waals surface area contributed by atoms with Crippen LogP contribution in [0.3, 0.4) is 0 Å². The van der Waals surface area contributed by atoms with Crippen molar-refractivity contribution >= 4 is 22.5 Å². The number of hydrogen-bond acceptors (Lipinski definition) is 5. The van der Waals surface area contributed by atoms with Crippen molar-refractivity contribution in [2.75, 3.05) is 19.3 Å². The van der Waals surface area contributed by atoms with Crippen LogP contribution in [-0.2, 0) is 9.84 Å². The van der Waals surface area contributed by atoms with Gasteiger partial charge in [-0.3, -0.25) is 0 Å². The van der Waals surface area contributed by atoms with Crippen molar-refractivity contribution in [2.24, 2.45) is 0 Å². The minimum absolute atomic E-state index is 0.0966. The predicted octanol–water partition coefficient (Wildman–Crippen LogP) is 1.36. The smallest absolute Gasteiger partial charge is 0.191 e. The number of sulfone groups is 1. The third-order valence-electron chi connectivity index (χ3n) is 1.88. The van der Waals surface area contributed by atoms with Gasteiger partial charge < -0.3 is 9.47 Å². The number of methoxy groups -OCH3 is 2. The average Bonchev–Trinajstić information content (AvgIpc) is 2.28. The molecular formula is C9H12O4S2. The van der Waals surface area contributed by atoms with E-state index >= 15 is 0 Å². The average molecular weight is 248 g/mol. The molecule has 0 aromatic heterocycles. The first-order valence-corrected chi connectivity index (χ1v) is 6.39. The second-order valence-electron chi connectivity index (χ2n) is 2.76. The zero-order chi connectivity index (χ0) is 11.5. The lowest BCUT2D eigenvalue weighted by Crippen LogP contribution is -2.05. The molecule has 0 unspecified atom stereocenters. The summed E-state index contributed by atoms with van der Waals surface area (Å²) in [7, 11) is -0.527. The van der Waals surface area contributed by atoms with Crippen molar-refractivity contribution in [3.05, 3.63) is 18.2 Å². The largest absolute Gasteiger partial charge is 0.497 e. The highest BCUT2D eigenvalue weighted by atomic mass is 32.2. The molecule has 0 spiro atoms. The van der Waals surface area contributed by atoms with Gasteiger partial charge in [0.05, 0.1) is 19.3 Å². The van der Waals surface area contributed by atoms with E-state index < -0.39 is 9.84 Å². The molecule has 1 rings (SSSR count). The highest BCUT2D eigenvalue weighted by Gasteiger charge is 2.18. The Kier molecular flexibility index (Phi) is 3.87. The Labute approximate surface area is 94.5 Å². The summed E-state index contributed by atoms with van der Waals surface area (Å²) in [5, 5.41) is -0.267. The molecule has 0 radical (unpaired) electrons. The van der Waals surface area contributed by atoms with Gasteiger partial charge in [-0.2, -0.15) is 12.6 Å². The van der Waals surface area contributed by atoms with E-state index in [1.807, 2.05) is 0 Å². The van der Waals surface area contributed by atoms with Crippen molar-refractivity contribution in [3.8, 4) is 11.5 Å². The predicted molar refractivity (Wildman–Crippen MR) is 60.6 cm³/mol. The summed E-state index contributed by atoms with van der Waals surface area (Å²) < 4.78 is 33.2. The monoisotopic (exact) mass is 248 g/mol. The maximum Gasteiger partial charge on any atom is 0.191 e. The molecule has 1 aromatic rings. The Hall–Kier alpha value is -0.880. The maximum absolute atomic E-state index is 11.6. The van der Waals surface area contributed by atoms with Crippen LogP contribution >= 0.6 is 12.6 Å². The maximum atomic E-state index is 11.6. The molecule has 0 fully saturated rings. The van der Waals surface area contributed by atoms with E-state index in [2.05, 4.69) is 12.6 Å². The van der Waals surface area contributed by atoms with Gasteiger partial charge in [0.2, 0.25) is 0 Å². The molecule has 0 amide bonds. The summed E-state index contributed by atoms with van der Waals surface area (Å²) >= 11 is 3.78. The van der Waals surface area contributed by atoms with Gasteiger partial charge in [0.25, 0.3) is 0 Å². The number of ether oxygens (including phenoxy) is 2. The fourth-order valence-corrected chi connectivity index (χ4v) is 2.41. The first-order valence-electron chi connectivity index (χ1n) is 4.11. The van der Waals surface area contributed by atoms with E-state index in [0.29, 0.717) is 11.5 Å². The summed E-state index contributed by atoms with van der Waals surface area (Å²) in [5.41, 5.74) is 0. The minimum Gasteiger partial charge on any atom is -0.497 e. The molecule has 6 heteroatoms. The van der Waals surface area contributed by atoms with Crippen LogP contribution in [0.2, 0.25) is 0 Å². The van der Waals surface area contributed by atoms with E-state index in [9.17, 15) is 8.42 Å². The second-order valence-corrected chi connectivity index (χ2v) is 5.46. The molecule has 0 heterocycles. The quantitative estimate of drug-likeness (QED) is 0.818. The molecule has 4 nitrogen and oxygen atoms in total. The molecule has 0 saturated carbocycles. The number of rotatable bonds is 4. The summed E-state index contributed by atoms with van der Waals surface area (Å²) in [4.78, 5) is 0.0966. The van der Waals surface area contributed by atoms with Gasteiger partial charge in [0.1, 0.15) is 16.4 Å². The Bertz CT molecular complexity index is 439. The van der Waals surface area contributed by atoms with Crippen molar-refractivity contribution in [1.29, 1.82) is 0 Å². The Morgan fingerprint density at radius 1 is 1.27 bits per heavy atom. The fourth-order valence-electron chi connectivity index (χ4n) is 1.10. The van der Waals surface area contributed by atoms with E-state index in [1.54, 1.807) is 12.1 Å². The van der Waals surface area contributed by atoms with Crippen LogP contribution < -0.4 is 9.47 Å². The van der Waals surface area contributed by atoms with Gasteiger partial charge >= 0.3 is 0 Å². The minimum atomic E-state index is -3.41. The van der Waals surface area contributed by atoms with Gasteiger partial charge in [0, 0.05) is 6.07 Å². The van der Waals surface area contributed by atoms with Crippen molar-refractivity contribution < 1.29 is 17.9 Å². The lowest BCUT2D eigenvalue weighted by molar-refractivity contribution is 0.392. The van der Waals surface area contributed by atoms with Crippen LogP contribution in [0.4, 0.5) is 0 Å². The second kappa shape index (κ2) is 4.76. The normalized spacial score (nSPS) is 11.1. The van der Waals surface area contributed by atoms with Crippen molar-refractivity contribution in [2.45, 2.75) is 4.90 Å². The zero-order valence-corrected chi connectivity index (χ0v) is 10.1. The van der Waals surface area contributed by atoms with Gasteiger partial charge in [-0.05, 0) is 12.1 Å². The highest BCUT2D eigenvalue weighted by Crippen LogP contribution is 2.29. The van der Waals surface area contributed by atoms with Gasteiger partial charge in [0.15, 0.2) is 9.84 Å². The fraction of sp³-hybridized carbons (Fsp3) is 0.333. The van der Waals surface area contributed by atoms with E-state index in [-0.39, 0.29) is 9.98 Å². The Morgan fingerprint density at radius 3 is 2.40 bits per heavy atom. The molecule has 1 aromatic carbocycles. The molecule has 84 valence electrons. The summed E-state index contributed by atoms with van der Waals surface area (Å²) in [5.74, 6) is 0.765. The van der Waals surface area contributed by atoms with E-state index in [4.69, 9.17) is 9.47 Å². The number of hydrogen-bond donors (Lipinski definition) is 1. The molecule has 0 aliphatic carbocycles. The molecule has 0 aliphatic heterocycles. The summed E-state index contributed by atoms with van der Waals surface area (Å²) in [6.07, 6.45) is 0. The molecule has 0 bridgehead atoms. The molecule has 0 N–H and O–H groups in total. The van der Waals surface area contributed by atoms with Crippen LogP contribution in [0.1, 0.15) is 0 Å². The first-order chi connectivity index (χ1) is 7.05. The third kappa shape index (κ3) is 2.57.